The summed E-state index contributed by atoms with van der Waals surface area (Å²) in [5.41, 5.74) is 3.12. The summed E-state index contributed by atoms with van der Waals surface area (Å²) >= 11 is 0. The van der Waals surface area contributed by atoms with Crippen molar-refractivity contribution in [2.75, 3.05) is 51.3 Å². The summed E-state index contributed by atoms with van der Waals surface area (Å²) in [7, 11) is 7.75. The van der Waals surface area contributed by atoms with Crippen LogP contribution < -0.4 is 9.80 Å². The van der Waals surface area contributed by atoms with E-state index in [4.69, 9.17) is 19.2 Å². The Morgan fingerprint density at radius 1 is 1.00 bits per heavy atom. The van der Waals surface area contributed by atoms with Crippen molar-refractivity contribution in [1.29, 1.82) is 0 Å². The van der Waals surface area contributed by atoms with Crippen LogP contribution in [0.15, 0.2) is 36.5 Å². The van der Waals surface area contributed by atoms with E-state index >= 15 is 0 Å². The highest BCUT2D eigenvalue weighted by molar-refractivity contribution is 5.63. The molecule has 3 heterocycles. The standard InChI is InChI=1S/C20H26N4O3/c1-23(2)14-7-5-13(6-8-14)15-9-10-21-20(22-15)24(3)16-11-26-19-17(25-4)12-27-18(16)19/h5-10,16-19H,11-12H2,1-4H3. The van der Waals surface area contributed by atoms with Gasteiger partial charge in [-0.3, -0.25) is 0 Å². The Hall–Kier alpha value is -2.22. The average Bonchev–Trinajstić information content (AvgIpc) is 3.29. The number of hydrogen-bond donors (Lipinski definition) is 0. The van der Waals surface area contributed by atoms with Crippen LogP contribution >= 0.6 is 0 Å². The lowest BCUT2D eigenvalue weighted by Crippen LogP contribution is -2.43. The molecule has 1 aromatic heterocycles. The van der Waals surface area contributed by atoms with E-state index in [0.717, 1.165) is 16.9 Å². The van der Waals surface area contributed by atoms with Gasteiger partial charge in [-0.1, -0.05) is 12.1 Å². The average molecular weight is 370 g/mol. The molecule has 0 aliphatic carbocycles. The van der Waals surface area contributed by atoms with Crippen molar-refractivity contribution in [2.24, 2.45) is 0 Å². The van der Waals surface area contributed by atoms with Crippen LogP contribution in [0.5, 0.6) is 0 Å². The van der Waals surface area contributed by atoms with Gasteiger partial charge in [-0.15, -0.1) is 0 Å². The van der Waals surface area contributed by atoms with Crippen molar-refractivity contribution < 1.29 is 14.2 Å². The Labute approximate surface area is 159 Å². The summed E-state index contributed by atoms with van der Waals surface area (Å²) in [6.07, 6.45) is 1.75. The largest absolute Gasteiger partial charge is 0.378 e. The van der Waals surface area contributed by atoms with Crippen molar-refractivity contribution >= 4 is 11.6 Å². The first kappa shape index (κ1) is 18.2. The number of likely N-dealkylation sites (N-methyl/N-ethyl adjacent to an activating group) is 1. The van der Waals surface area contributed by atoms with Crippen LogP contribution in [0, 0.1) is 0 Å². The maximum absolute atomic E-state index is 5.93. The zero-order chi connectivity index (χ0) is 19.0. The Balaban J connectivity index is 1.54. The van der Waals surface area contributed by atoms with Crippen LogP contribution in [0.2, 0.25) is 0 Å². The molecule has 0 amide bonds. The lowest BCUT2D eigenvalue weighted by atomic mass is 10.1. The molecule has 0 N–H and O–H groups in total. The number of nitrogens with zero attached hydrogens (tertiary/aromatic N) is 4. The van der Waals surface area contributed by atoms with Gasteiger partial charge < -0.3 is 24.0 Å². The van der Waals surface area contributed by atoms with Crippen molar-refractivity contribution in [3.05, 3.63) is 36.5 Å². The summed E-state index contributed by atoms with van der Waals surface area (Å²) in [6.45, 7) is 1.14. The second-order valence-corrected chi connectivity index (χ2v) is 7.23. The van der Waals surface area contributed by atoms with Gasteiger partial charge in [-0.05, 0) is 18.2 Å². The summed E-state index contributed by atoms with van der Waals surface area (Å²) in [5.74, 6) is 0.669. The molecule has 4 rings (SSSR count). The van der Waals surface area contributed by atoms with Crippen LogP contribution in [-0.2, 0) is 14.2 Å². The lowest BCUT2D eigenvalue weighted by Gasteiger charge is -2.27. The van der Waals surface area contributed by atoms with Crippen molar-refractivity contribution in [1.82, 2.24) is 9.97 Å². The number of anilines is 2. The number of rotatable bonds is 5. The normalized spacial score (nSPS) is 26.8. The Kier molecular flexibility index (Phi) is 4.99. The number of ether oxygens (including phenoxy) is 3. The van der Waals surface area contributed by atoms with Gasteiger partial charge in [0.05, 0.1) is 24.9 Å². The minimum Gasteiger partial charge on any atom is -0.378 e. The Bertz CT molecular complexity index is 783. The fourth-order valence-electron chi connectivity index (χ4n) is 3.74. The highest BCUT2D eigenvalue weighted by Gasteiger charge is 2.49. The Morgan fingerprint density at radius 2 is 1.74 bits per heavy atom. The third-order valence-corrected chi connectivity index (χ3v) is 5.42. The summed E-state index contributed by atoms with van der Waals surface area (Å²) in [5, 5.41) is 0. The van der Waals surface area contributed by atoms with Crippen LogP contribution in [0.1, 0.15) is 0 Å². The molecule has 2 fully saturated rings. The number of methoxy groups -OCH3 is 1. The van der Waals surface area contributed by atoms with E-state index in [-0.39, 0.29) is 24.4 Å². The van der Waals surface area contributed by atoms with Gasteiger partial charge in [0, 0.05) is 45.7 Å². The maximum Gasteiger partial charge on any atom is 0.226 e. The maximum atomic E-state index is 5.93. The molecule has 0 spiro atoms. The van der Waals surface area contributed by atoms with Crippen LogP contribution in [0.4, 0.5) is 11.6 Å². The number of hydrogen-bond acceptors (Lipinski definition) is 7. The molecule has 144 valence electrons. The van der Waals surface area contributed by atoms with Gasteiger partial charge in [0.15, 0.2) is 0 Å². The van der Waals surface area contributed by atoms with E-state index in [0.29, 0.717) is 19.2 Å². The fraction of sp³-hybridized carbons (Fsp3) is 0.500. The van der Waals surface area contributed by atoms with Crippen LogP contribution in [0.25, 0.3) is 11.3 Å². The second kappa shape index (κ2) is 7.42. The molecule has 4 atom stereocenters. The number of benzene rings is 1. The van der Waals surface area contributed by atoms with Crippen molar-refractivity contribution in [3.8, 4) is 11.3 Å². The van der Waals surface area contributed by atoms with Crippen LogP contribution in [-0.4, -0.2) is 75.8 Å². The lowest BCUT2D eigenvalue weighted by molar-refractivity contribution is -0.00783. The predicted octanol–water partition coefficient (Wildman–Crippen LogP) is 1.83. The van der Waals surface area contributed by atoms with E-state index in [1.807, 2.05) is 27.2 Å². The topological polar surface area (TPSA) is 60.0 Å². The number of aromatic nitrogens is 2. The molecule has 2 aliphatic rings. The SMILES string of the molecule is COC1COC2C1OCC2N(C)c1nccc(-c2ccc(N(C)C)cc2)n1. The number of fused-ring (bicyclic) bond motifs is 1. The first-order chi connectivity index (χ1) is 13.1. The van der Waals surface area contributed by atoms with E-state index in [9.17, 15) is 0 Å². The van der Waals surface area contributed by atoms with Gasteiger partial charge in [-0.2, -0.15) is 0 Å². The third-order valence-electron chi connectivity index (χ3n) is 5.42. The molecule has 1 aromatic carbocycles. The van der Waals surface area contributed by atoms with E-state index in [2.05, 4.69) is 39.0 Å². The summed E-state index contributed by atoms with van der Waals surface area (Å²) in [4.78, 5) is 13.4. The van der Waals surface area contributed by atoms with Crippen molar-refractivity contribution in [2.45, 2.75) is 24.4 Å². The second-order valence-electron chi connectivity index (χ2n) is 7.23. The first-order valence-corrected chi connectivity index (χ1v) is 9.18. The van der Waals surface area contributed by atoms with E-state index < -0.39 is 0 Å². The van der Waals surface area contributed by atoms with Gasteiger partial charge in [-0.25, -0.2) is 9.97 Å². The quantitative estimate of drug-likeness (QED) is 0.796. The van der Waals surface area contributed by atoms with Gasteiger partial charge in [0.2, 0.25) is 5.95 Å². The first-order valence-electron chi connectivity index (χ1n) is 9.18. The Morgan fingerprint density at radius 3 is 2.44 bits per heavy atom. The van der Waals surface area contributed by atoms with Crippen LogP contribution in [0.3, 0.4) is 0 Å². The summed E-state index contributed by atoms with van der Waals surface area (Å²) < 4.78 is 17.3. The monoisotopic (exact) mass is 370 g/mol. The fourth-order valence-corrected chi connectivity index (χ4v) is 3.74. The molecule has 2 aliphatic heterocycles. The molecule has 2 aromatic rings. The van der Waals surface area contributed by atoms with Crippen molar-refractivity contribution in [3.63, 3.8) is 0 Å². The minimum absolute atomic E-state index is 0.00383. The van der Waals surface area contributed by atoms with Gasteiger partial charge in [0.25, 0.3) is 0 Å². The zero-order valence-electron chi connectivity index (χ0n) is 16.2. The zero-order valence-corrected chi connectivity index (χ0v) is 16.2. The molecular weight excluding hydrogens is 344 g/mol. The molecule has 7 heteroatoms. The molecular formula is C20H26N4O3. The molecule has 4 unspecified atom stereocenters. The van der Waals surface area contributed by atoms with Gasteiger partial charge >= 0.3 is 0 Å². The molecule has 0 bridgehead atoms. The highest BCUT2D eigenvalue weighted by atomic mass is 16.6. The molecule has 27 heavy (non-hydrogen) atoms. The van der Waals surface area contributed by atoms with E-state index in [1.54, 1.807) is 13.3 Å². The molecule has 0 saturated carbocycles. The molecule has 7 nitrogen and oxygen atoms in total. The smallest absolute Gasteiger partial charge is 0.226 e. The third kappa shape index (κ3) is 3.38. The molecule has 0 radical (unpaired) electrons. The molecule has 2 saturated heterocycles. The van der Waals surface area contributed by atoms with E-state index in [1.165, 1.54) is 0 Å². The summed E-state index contributed by atoms with van der Waals surface area (Å²) in [6, 6.07) is 10.4. The van der Waals surface area contributed by atoms with Gasteiger partial charge in [0.1, 0.15) is 18.3 Å². The highest BCUT2D eigenvalue weighted by Crippen LogP contribution is 2.32. The minimum atomic E-state index is -0.0239. The predicted molar refractivity (Wildman–Crippen MR) is 104 cm³/mol.